The molecule has 2 rings (SSSR count). The summed E-state index contributed by atoms with van der Waals surface area (Å²) in [4.78, 5) is 44.1. The van der Waals surface area contributed by atoms with E-state index in [9.17, 15) is 29.8 Å². The van der Waals surface area contributed by atoms with E-state index in [-0.39, 0.29) is 4.47 Å². The Labute approximate surface area is 148 Å². The molecule has 0 heterocycles. The lowest BCUT2D eigenvalue weighted by Gasteiger charge is -2.05. The Hall–Kier alpha value is -3.14. The molecule has 0 fully saturated rings. The number of hydrogen-bond acceptors (Lipinski definition) is 7. The summed E-state index contributed by atoms with van der Waals surface area (Å²) in [7, 11) is 0. The number of hydrogen-bond donors (Lipinski definition) is 0. The van der Waals surface area contributed by atoms with Gasteiger partial charge in [-0.25, -0.2) is 4.79 Å². The van der Waals surface area contributed by atoms with E-state index in [1.54, 1.807) is 18.2 Å². The summed E-state index contributed by atoms with van der Waals surface area (Å²) in [5.41, 5.74) is -1.39. The number of rotatable bonds is 6. The predicted molar refractivity (Wildman–Crippen MR) is 88.5 cm³/mol. The van der Waals surface area contributed by atoms with Crippen LogP contribution >= 0.6 is 15.9 Å². The smallest absolute Gasteiger partial charge is 0.339 e. The Morgan fingerprint density at radius 1 is 0.960 bits per heavy atom. The van der Waals surface area contributed by atoms with Crippen LogP contribution in [0, 0.1) is 20.2 Å². The second kappa shape index (κ2) is 7.62. The van der Waals surface area contributed by atoms with Crippen LogP contribution in [0.1, 0.15) is 20.7 Å². The highest BCUT2D eigenvalue weighted by atomic mass is 79.9. The molecular formula is C15H9BrN2O7. The molecule has 0 N–H and O–H groups in total. The molecule has 0 saturated heterocycles. The van der Waals surface area contributed by atoms with Gasteiger partial charge in [0.15, 0.2) is 16.9 Å². The van der Waals surface area contributed by atoms with Gasteiger partial charge in [-0.2, -0.15) is 0 Å². The van der Waals surface area contributed by atoms with Crippen molar-refractivity contribution in [3.8, 4) is 0 Å². The molecule has 0 aromatic heterocycles. The van der Waals surface area contributed by atoms with E-state index in [0.29, 0.717) is 5.56 Å². The molecular weight excluding hydrogens is 400 g/mol. The van der Waals surface area contributed by atoms with Crippen molar-refractivity contribution < 1.29 is 24.2 Å². The van der Waals surface area contributed by atoms with Gasteiger partial charge < -0.3 is 4.74 Å². The van der Waals surface area contributed by atoms with Gasteiger partial charge in [-0.15, -0.1) is 0 Å². The van der Waals surface area contributed by atoms with Gasteiger partial charge >= 0.3 is 5.97 Å². The number of ether oxygens (including phenoxy) is 1. The topological polar surface area (TPSA) is 130 Å². The van der Waals surface area contributed by atoms with Crippen molar-refractivity contribution in [2.24, 2.45) is 0 Å². The van der Waals surface area contributed by atoms with Crippen molar-refractivity contribution in [3.63, 3.8) is 0 Å². The molecule has 128 valence electrons. The van der Waals surface area contributed by atoms with Gasteiger partial charge in [0.2, 0.25) is 0 Å². The molecule has 10 heteroatoms. The second-order valence-electron chi connectivity index (χ2n) is 4.71. The van der Waals surface area contributed by atoms with Crippen LogP contribution in [0.5, 0.6) is 0 Å². The lowest BCUT2D eigenvalue weighted by Crippen LogP contribution is -2.14. The Balaban J connectivity index is 2.23. The summed E-state index contributed by atoms with van der Waals surface area (Å²) in [6, 6.07) is 9.73. The Morgan fingerprint density at radius 2 is 1.48 bits per heavy atom. The van der Waals surface area contributed by atoms with E-state index in [1.807, 2.05) is 0 Å². The van der Waals surface area contributed by atoms with E-state index < -0.39 is 45.1 Å². The molecule has 0 atom stereocenters. The SMILES string of the molecule is O=C(COC(=O)c1cc([N+](=O)[O-])c(Br)c([N+](=O)[O-])c1)c1ccccc1. The van der Waals surface area contributed by atoms with Crippen molar-refractivity contribution in [1.29, 1.82) is 0 Å². The van der Waals surface area contributed by atoms with Crippen molar-refractivity contribution >= 4 is 39.1 Å². The van der Waals surface area contributed by atoms with E-state index in [0.717, 1.165) is 12.1 Å². The third kappa shape index (κ3) is 4.23. The van der Waals surface area contributed by atoms with Crippen molar-refractivity contribution in [3.05, 3.63) is 78.3 Å². The van der Waals surface area contributed by atoms with Crippen LogP contribution in [0.15, 0.2) is 46.9 Å². The van der Waals surface area contributed by atoms with E-state index in [2.05, 4.69) is 15.9 Å². The highest BCUT2D eigenvalue weighted by Crippen LogP contribution is 2.35. The van der Waals surface area contributed by atoms with Crippen LogP contribution in [0.3, 0.4) is 0 Å². The minimum absolute atomic E-state index is 0.322. The van der Waals surface area contributed by atoms with Crippen molar-refractivity contribution in [2.75, 3.05) is 6.61 Å². The van der Waals surface area contributed by atoms with Gasteiger partial charge in [0.05, 0.1) is 15.4 Å². The lowest BCUT2D eigenvalue weighted by molar-refractivity contribution is -0.395. The first kappa shape index (κ1) is 18.2. The number of ketones is 1. The Morgan fingerprint density at radius 3 is 1.96 bits per heavy atom. The first-order chi connectivity index (χ1) is 11.8. The van der Waals surface area contributed by atoms with Crippen LogP contribution in [-0.2, 0) is 4.74 Å². The number of nitro groups is 2. The molecule has 0 aliphatic rings. The van der Waals surface area contributed by atoms with Gasteiger partial charge in [0.25, 0.3) is 11.4 Å². The molecule has 2 aromatic carbocycles. The number of Topliss-reactive ketones (excluding diaryl/α,β-unsaturated/α-hetero) is 1. The zero-order valence-electron chi connectivity index (χ0n) is 12.4. The number of esters is 1. The monoisotopic (exact) mass is 408 g/mol. The third-order valence-electron chi connectivity index (χ3n) is 3.09. The molecule has 9 nitrogen and oxygen atoms in total. The molecule has 0 bridgehead atoms. The molecule has 0 spiro atoms. The largest absolute Gasteiger partial charge is 0.454 e. The summed E-state index contributed by atoms with van der Waals surface area (Å²) in [5, 5.41) is 21.9. The quantitative estimate of drug-likeness (QED) is 0.310. The molecule has 0 saturated carbocycles. The number of benzene rings is 2. The summed E-state index contributed by atoms with van der Waals surface area (Å²) >= 11 is 2.77. The molecule has 0 amide bonds. The van der Waals surface area contributed by atoms with Crippen molar-refractivity contribution in [2.45, 2.75) is 0 Å². The predicted octanol–water partition coefficient (Wildman–Crippen LogP) is 3.31. The molecule has 0 aliphatic carbocycles. The number of nitrogens with zero attached hydrogens (tertiary/aromatic N) is 2. The maximum Gasteiger partial charge on any atom is 0.339 e. The summed E-state index contributed by atoms with van der Waals surface area (Å²) < 4.78 is 4.44. The fraction of sp³-hybridized carbons (Fsp3) is 0.0667. The van der Waals surface area contributed by atoms with Crippen LogP contribution < -0.4 is 0 Å². The molecule has 0 unspecified atom stereocenters. The van der Waals surface area contributed by atoms with Gasteiger partial charge in [-0.3, -0.25) is 25.0 Å². The van der Waals surface area contributed by atoms with Crippen LogP contribution in [0.4, 0.5) is 11.4 Å². The van der Waals surface area contributed by atoms with Gasteiger partial charge in [0, 0.05) is 17.7 Å². The second-order valence-corrected chi connectivity index (χ2v) is 5.50. The molecule has 25 heavy (non-hydrogen) atoms. The third-order valence-corrected chi connectivity index (χ3v) is 3.91. The highest BCUT2D eigenvalue weighted by molar-refractivity contribution is 9.10. The minimum Gasteiger partial charge on any atom is -0.454 e. The van der Waals surface area contributed by atoms with E-state index in [4.69, 9.17) is 4.74 Å². The minimum atomic E-state index is -1.08. The lowest BCUT2D eigenvalue weighted by atomic mass is 10.1. The van der Waals surface area contributed by atoms with Gasteiger partial charge in [0.1, 0.15) is 0 Å². The fourth-order valence-corrected chi connectivity index (χ4v) is 2.42. The van der Waals surface area contributed by atoms with Crippen LogP contribution in [0.2, 0.25) is 0 Å². The zero-order chi connectivity index (χ0) is 18.6. The van der Waals surface area contributed by atoms with E-state index in [1.165, 1.54) is 12.1 Å². The molecule has 2 aromatic rings. The normalized spacial score (nSPS) is 10.1. The maximum absolute atomic E-state index is 12.0. The maximum atomic E-state index is 12.0. The standard InChI is InChI=1S/C15H9BrN2O7/c16-14-11(17(21)22)6-10(7-12(14)18(23)24)15(20)25-8-13(19)9-4-2-1-3-5-9/h1-7H,8H2. The van der Waals surface area contributed by atoms with Gasteiger partial charge in [-0.05, 0) is 15.9 Å². The average Bonchev–Trinajstić information content (AvgIpc) is 2.59. The van der Waals surface area contributed by atoms with E-state index >= 15 is 0 Å². The van der Waals surface area contributed by atoms with Crippen LogP contribution in [-0.4, -0.2) is 28.2 Å². The summed E-state index contributed by atoms with van der Waals surface area (Å²) in [6.45, 7) is -0.597. The highest BCUT2D eigenvalue weighted by Gasteiger charge is 2.27. The van der Waals surface area contributed by atoms with Crippen LogP contribution in [0.25, 0.3) is 0 Å². The number of carbonyl (C=O) groups excluding carboxylic acids is 2. The summed E-state index contributed by atoms with van der Waals surface area (Å²) in [6.07, 6.45) is 0. The molecule has 0 aliphatic heterocycles. The van der Waals surface area contributed by atoms with Crippen molar-refractivity contribution in [1.82, 2.24) is 0 Å². The number of carbonyl (C=O) groups is 2. The average molecular weight is 409 g/mol. The Bertz CT molecular complexity index is 832. The number of halogens is 1. The Kier molecular flexibility index (Phi) is 5.55. The van der Waals surface area contributed by atoms with Gasteiger partial charge in [-0.1, -0.05) is 30.3 Å². The fourth-order valence-electron chi connectivity index (χ4n) is 1.90. The first-order valence-electron chi connectivity index (χ1n) is 6.69. The first-order valence-corrected chi connectivity index (χ1v) is 7.48. The molecule has 0 radical (unpaired) electrons. The zero-order valence-corrected chi connectivity index (χ0v) is 14.0. The summed E-state index contributed by atoms with van der Waals surface area (Å²) in [5.74, 6) is -1.56. The number of nitro benzene ring substituents is 2.